The number of benzene rings is 3. The van der Waals surface area contributed by atoms with E-state index in [2.05, 4.69) is 15.8 Å². The summed E-state index contributed by atoms with van der Waals surface area (Å²) in [6.07, 6.45) is 1.43. The Bertz CT molecular complexity index is 1030. The first-order valence-electron chi connectivity index (χ1n) is 8.52. The first-order valence-corrected chi connectivity index (χ1v) is 8.52. The Balaban J connectivity index is 1.86. The molecule has 3 rings (SSSR count). The van der Waals surface area contributed by atoms with Gasteiger partial charge in [0.1, 0.15) is 18.2 Å². The minimum Gasteiger partial charge on any atom is -0.488 e. The molecule has 6 nitrogen and oxygen atoms in total. The lowest BCUT2D eigenvalue weighted by molar-refractivity contribution is -0.138. The van der Waals surface area contributed by atoms with Gasteiger partial charge in [0.25, 0.3) is 0 Å². The van der Waals surface area contributed by atoms with Gasteiger partial charge in [-0.05, 0) is 34.5 Å². The number of nitrogens with zero attached hydrogens (tertiary/aromatic N) is 1. The van der Waals surface area contributed by atoms with E-state index in [9.17, 15) is 14.0 Å². The molecule has 0 saturated carbocycles. The molecule has 0 aliphatic heterocycles. The normalized spacial score (nSPS) is 10.8. The van der Waals surface area contributed by atoms with Crippen molar-refractivity contribution < 1.29 is 18.7 Å². The van der Waals surface area contributed by atoms with Crippen molar-refractivity contribution >= 4 is 28.8 Å². The van der Waals surface area contributed by atoms with Crippen molar-refractivity contribution in [3.63, 3.8) is 0 Å². The summed E-state index contributed by atoms with van der Waals surface area (Å²) < 4.78 is 18.9. The first-order chi connectivity index (χ1) is 13.6. The zero-order valence-electron chi connectivity index (χ0n) is 15.1. The quantitative estimate of drug-likeness (QED) is 0.406. The van der Waals surface area contributed by atoms with Crippen LogP contribution in [0.4, 0.5) is 4.39 Å². The van der Waals surface area contributed by atoms with Crippen molar-refractivity contribution in [1.82, 2.24) is 10.7 Å². The molecule has 3 aromatic rings. The molecule has 142 valence electrons. The van der Waals surface area contributed by atoms with Crippen LogP contribution in [0.2, 0.25) is 0 Å². The lowest BCUT2D eigenvalue weighted by atomic mass is 10.0. The molecule has 0 aliphatic rings. The maximum absolute atomic E-state index is 13.1. The summed E-state index contributed by atoms with van der Waals surface area (Å²) in [6.45, 7) is 0.240. The SMILES string of the molecule is CNC(=O)C(=O)N/N=C\c1c(OCc2ccc(F)cc2)ccc2ccccc12. The van der Waals surface area contributed by atoms with Crippen molar-refractivity contribution in [2.45, 2.75) is 6.61 Å². The zero-order chi connectivity index (χ0) is 19.9. The summed E-state index contributed by atoms with van der Waals surface area (Å²) in [5.74, 6) is -1.43. The number of hydrogen-bond acceptors (Lipinski definition) is 4. The van der Waals surface area contributed by atoms with Crippen molar-refractivity contribution in [3.05, 3.63) is 77.6 Å². The molecule has 0 heterocycles. The fraction of sp³-hybridized carbons (Fsp3) is 0.0952. The van der Waals surface area contributed by atoms with Crippen molar-refractivity contribution in [2.75, 3.05) is 7.05 Å². The highest BCUT2D eigenvalue weighted by Crippen LogP contribution is 2.27. The number of ether oxygens (including phenoxy) is 1. The van der Waals surface area contributed by atoms with Crippen LogP contribution in [0.3, 0.4) is 0 Å². The zero-order valence-corrected chi connectivity index (χ0v) is 15.1. The number of halogens is 1. The van der Waals surface area contributed by atoms with Gasteiger partial charge >= 0.3 is 11.8 Å². The van der Waals surface area contributed by atoms with Crippen molar-refractivity contribution in [1.29, 1.82) is 0 Å². The molecular weight excluding hydrogens is 361 g/mol. The van der Waals surface area contributed by atoms with E-state index in [4.69, 9.17) is 4.74 Å². The number of hydrazone groups is 1. The third kappa shape index (κ3) is 4.50. The maximum Gasteiger partial charge on any atom is 0.329 e. The summed E-state index contributed by atoms with van der Waals surface area (Å²) >= 11 is 0. The van der Waals surface area contributed by atoms with Gasteiger partial charge in [-0.1, -0.05) is 42.5 Å². The number of hydrogen-bond donors (Lipinski definition) is 2. The Labute approximate surface area is 161 Å². The highest BCUT2D eigenvalue weighted by molar-refractivity contribution is 6.35. The fourth-order valence-corrected chi connectivity index (χ4v) is 2.60. The highest BCUT2D eigenvalue weighted by atomic mass is 19.1. The number of amides is 2. The number of fused-ring (bicyclic) bond motifs is 1. The van der Waals surface area contributed by atoms with Gasteiger partial charge < -0.3 is 10.1 Å². The smallest absolute Gasteiger partial charge is 0.329 e. The predicted molar refractivity (Wildman–Crippen MR) is 104 cm³/mol. The van der Waals surface area contributed by atoms with Crippen LogP contribution in [0, 0.1) is 5.82 Å². The molecule has 28 heavy (non-hydrogen) atoms. The Morgan fingerprint density at radius 2 is 1.79 bits per heavy atom. The van der Waals surface area contributed by atoms with Gasteiger partial charge in [0, 0.05) is 12.6 Å². The molecule has 7 heteroatoms. The van der Waals surface area contributed by atoms with Crippen LogP contribution in [0.15, 0.2) is 65.8 Å². The van der Waals surface area contributed by atoms with Crippen LogP contribution in [-0.4, -0.2) is 25.1 Å². The Morgan fingerprint density at radius 1 is 1.04 bits per heavy atom. The molecule has 3 aromatic carbocycles. The van der Waals surface area contributed by atoms with E-state index >= 15 is 0 Å². The summed E-state index contributed by atoms with van der Waals surface area (Å²) in [6, 6.07) is 17.4. The predicted octanol–water partition coefficient (Wildman–Crippen LogP) is 2.75. The van der Waals surface area contributed by atoms with Gasteiger partial charge in [-0.2, -0.15) is 5.10 Å². The lowest BCUT2D eigenvalue weighted by Crippen LogP contribution is -2.35. The topological polar surface area (TPSA) is 79.8 Å². The standard InChI is InChI=1S/C21H18FN3O3/c1-23-20(26)21(27)25-24-12-18-17-5-3-2-4-15(17)8-11-19(18)28-13-14-6-9-16(22)10-7-14/h2-12H,13H2,1H3,(H,23,26)(H,25,27)/b24-12-. The van der Waals surface area contributed by atoms with Crippen LogP contribution in [-0.2, 0) is 16.2 Å². The van der Waals surface area contributed by atoms with Gasteiger partial charge in [0.2, 0.25) is 0 Å². The molecule has 2 amide bonds. The minimum atomic E-state index is -0.868. The lowest BCUT2D eigenvalue weighted by Gasteiger charge is -2.12. The largest absolute Gasteiger partial charge is 0.488 e. The van der Waals surface area contributed by atoms with Crippen molar-refractivity contribution in [2.24, 2.45) is 5.10 Å². The van der Waals surface area contributed by atoms with E-state index in [0.717, 1.165) is 16.3 Å². The molecule has 0 aromatic heterocycles. The Kier molecular flexibility index (Phi) is 5.96. The molecule has 0 spiro atoms. The summed E-state index contributed by atoms with van der Waals surface area (Å²) in [5, 5.41) is 7.93. The average molecular weight is 379 g/mol. The second kappa shape index (κ2) is 8.77. The summed E-state index contributed by atoms with van der Waals surface area (Å²) in [5.41, 5.74) is 3.64. The van der Waals surface area contributed by atoms with Gasteiger partial charge in [-0.15, -0.1) is 0 Å². The maximum atomic E-state index is 13.1. The molecule has 0 bridgehead atoms. The summed E-state index contributed by atoms with van der Waals surface area (Å²) in [4.78, 5) is 22.8. The third-order valence-corrected chi connectivity index (χ3v) is 4.03. The monoisotopic (exact) mass is 379 g/mol. The van der Waals surface area contributed by atoms with E-state index < -0.39 is 11.8 Å². The molecule has 0 unspecified atom stereocenters. The number of rotatable bonds is 5. The molecule has 0 fully saturated rings. The Hall–Kier alpha value is -3.74. The van der Waals surface area contributed by atoms with Crippen LogP contribution >= 0.6 is 0 Å². The summed E-state index contributed by atoms with van der Waals surface area (Å²) in [7, 11) is 1.36. The first kappa shape index (κ1) is 19.0. The van der Waals surface area contributed by atoms with E-state index in [1.165, 1.54) is 25.4 Å². The van der Waals surface area contributed by atoms with Gasteiger partial charge in [0.05, 0.1) is 6.21 Å². The highest BCUT2D eigenvalue weighted by Gasteiger charge is 2.11. The van der Waals surface area contributed by atoms with E-state index in [1.54, 1.807) is 18.2 Å². The molecule has 2 N–H and O–H groups in total. The fourth-order valence-electron chi connectivity index (χ4n) is 2.60. The second-order valence-electron chi connectivity index (χ2n) is 5.89. The number of carbonyl (C=O) groups is 2. The molecule has 0 atom stereocenters. The van der Waals surface area contributed by atoms with E-state index in [-0.39, 0.29) is 12.4 Å². The Morgan fingerprint density at radius 3 is 2.54 bits per heavy atom. The van der Waals surface area contributed by atoms with Crippen LogP contribution in [0.5, 0.6) is 5.75 Å². The molecule has 0 radical (unpaired) electrons. The molecular formula is C21H18FN3O3. The van der Waals surface area contributed by atoms with E-state index in [1.807, 2.05) is 30.3 Å². The van der Waals surface area contributed by atoms with E-state index in [0.29, 0.717) is 11.3 Å². The van der Waals surface area contributed by atoms with Crippen LogP contribution in [0.25, 0.3) is 10.8 Å². The van der Waals surface area contributed by atoms with Gasteiger partial charge in [0.15, 0.2) is 0 Å². The molecule has 0 saturated heterocycles. The van der Waals surface area contributed by atoms with Gasteiger partial charge in [-0.25, -0.2) is 9.82 Å². The number of likely N-dealkylation sites (N-methyl/N-ethyl adjacent to an activating group) is 1. The average Bonchev–Trinajstić information content (AvgIpc) is 2.73. The molecule has 0 aliphatic carbocycles. The van der Waals surface area contributed by atoms with Crippen LogP contribution in [0.1, 0.15) is 11.1 Å². The van der Waals surface area contributed by atoms with Crippen LogP contribution < -0.4 is 15.5 Å². The van der Waals surface area contributed by atoms with Gasteiger partial charge in [-0.3, -0.25) is 9.59 Å². The number of carbonyl (C=O) groups excluding carboxylic acids is 2. The minimum absolute atomic E-state index is 0.240. The number of nitrogens with one attached hydrogen (secondary N) is 2. The third-order valence-electron chi connectivity index (χ3n) is 4.03. The second-order valence-corrected chi connectivity index (χ2v) is 5.89. The van der Waals surface area contributed by atoms with Crippen molar-refractivity contribution in [3.8, 4) is 5.75 Å².